The number of benzene rings is 1. The van der Waals surface area contributed by atoms with Crippen LogP contribution in [0.2, 0.25) is 0 Å². The molecular weight excluding hydrogens is 382 g/mol. The summed E-state index contributed by atoms with van der Waals surface area (Å²) in [6, 6.07) is 7.95. The van der Waals surface area contributed by atoms with Crippen molar-refractivity contribution in [2.45, 2.75) is 32.6 Å². The lowest BCUT2D eigenvalue weighted by molar-refractivity contribution is 0.0691. The lowest BCUT2D eigenvalue weighted by Crippen LogP contribution is -2.36. The zero-order valence-corrected chi connectivity index (χ0v) is 17.5. The number of nitrogens with zero attached hydrogens (tertiary/aromatic N) is 1. The van der Waals surface area contributed by atoms with Crippen molar-refractivity contribution in [3.8, 4) is 17.0 Å². The molecule has 7 heteroatoms. The number of carbonyl (C=O) groups is 1. The Bertz CT molecular complexity index is 1010. The van der Waals surface area contributed by atoms with E-state index in [1.54, 1.807) is 0 Å². The lowest BCUT2D eigenvalue weighted by Gasteiger charge is -2.29. The Morgan fingerprint density at radius 3 is 2.70 bits per heavy atom. The monoisotopic (exact) mass is 411 g/mol. The van der Waals surface area contributed by atoms with Gasteiger partial charge in [0.1, 0.15) is 5.75 Å². The van der Waals surface area contributed by atoms with E-state index in [4.69, 9.17) is 0 Å². The number of aromatic carboxylic acids is 1. The average molecular weight is 412 g/mol. The van der Waals surface area contributed by atoms with Crippen LogP contribution in [0.4, 0.5) is 5.69 Å². The fourth-order valence-corrected chi connectivity index (χ4v) is 5.51. The quantitative estimate of drug-likeness (QED) is 0.583. The molecule has 2 fully saturated rings. The minimum absolute atomic E-state index is 0.354. The fourth-order valence-electron chi connectivity index (χ4n) is 5.51. The summed E-state index contributed by atoms with van der Waals surface area (Å²) in [6.07, 6.45) is 4.26. The molecule has 4 rings (SSSR count). The number of hydrogen-bond acceptors (Lipinski definition) is 5. The summed E-state index contributed by atoms with van der Waals surface area (Å²) < 4.78 is 0. The highest BCUT2D eigenvalue weighted by Gasteiger charge is 2.48. The first-order valence-corrected chi connectivity index (χ1v) is 10.6. The number of carboxylic acids is 1. The summed E-state index contributed by atoms with van der Waals surface area (Å²) in [5, 5.41) is 23.0. The third-order valence-electron chi connectivity index (χ3n) is 6.95. The van der Waals surface area contributed by atoms with Crippen molar-refractivity contribution >= 4 is 11.7 Å². The Balaban J connectivity index is 1.64. The Morgan fingerprint density at radius 1 is 1.33 bits per heavy atom. The molecule has 1 aromatic heterocycles. The van der Waals surface area contributed by atoms with Gasteiger partial charge in [-0.05, 0) is 49.9 Å². The van der Waals surface area contributed by atoms with Crippen LogP contribution in [-0.4, -0.2) is 47.8 Å². The number of aromatic nitrogens is 1. The van der Waals surface area contributed by atoms with Crippen molar-refractivity contribution in [3.05, 3.63) is 45.7 Å². The summed E-state index contributed by atoms with van der Waals surface area (Å²) >= 11 is 0. The maximum atomic E-state index is 12.2. The van der Waals surface area contributed by atoms with E-state index in [9.17, 15) is 19.8 Å². The number of pyridine rings is 1. The van der Waals surface area contributed by atoms with Crippen molar-refractivity contribution in [3.63, 3.8) is 0 Å². The lowest BCUT2D eigenvalue weighted by atomic mass is 9.81. The van der Waals surface area contributed by atoms with E-state index in [2.05, 4.69) is 15.2 Å². The third-order valence-corrected chi connectivity index (χ3v) is 6.95. The molecule has 160 valence electrons. The Kier molecular flexibility index (Phi) is 5.32. The molecule has 1 aromatic carbocycles. The second-order valence-corrected chi connectivity index (χ2v) is 8.60. The van der Waals surface area contributed by atoms with E-state index in [0.29, 0.717) is 29.0 Å². The van der Waals surface area contributed by atoms with Gasteiger partial charge in [-0.2, -0.15) is 0 Å². The van der Waals surface area contributed by atoms with Gasteiger partial charge in [-0.3, -0.25) is 4.79 Å². The summed E-state index contributed by atoms with van der Waals surface area (Å²) in [5.74, 6) is -1.16. The van der Waals surface area contributed by atoms with Crippen LogP contribution in [-0.2, 0) is 6.42 Å². The van der Waals surface area contributed by atoms with Gasteiger partial charge in [0.15, 0.2) is 5.56 Å². The first-order chi connectivity index (χ1) is 14.4. The number of rotatable bonds is 6. The predicted molar refractivity (Wildman–Crippen MR) is 116 cm³/mol. The summed E-state index contributed by atoms with van der Waals surface area (Å²) in [7, 11) is 2.03. The molecule has 2 heterocycles. The fraction of sp³-hybridized carbons (Fsp3) is 0.478. The van der Waals surface area contributed by atoms with Crippen molar-refractivity contribution in [2.24, 2.45) is 11.3 Å². The number of hydrogen-bond donors (Lipinski definition) is 4. The van der Waals surface area contributed by atoms with Crippen molar-refractivity contribution in [1.82, 2.24) is 10.3 Å². The minimum atomic E-state index is -1.43. The number of aromatic hydroxyl groups is 1. The van der Waals surface area contributed by atoms with Gasteiger partial charge >= 0.3 is 5.97 Å². The van der Waals surface area contributed by atoms with E-state index in [1.807, 2.05) is 38.2 Å². The number of nitrogens with one attached hydrogen (secondary N) is 2. The molecule has 0 spiro atoms. The minimum Gasteiger partial charge on any atom is -0.506 e. The zero-order valence-electron chi connectivity index (χ0n) is 17.5. The first-order valence-electron chi connectivity index (χ1n) is 10.6. The molecule has 2 aromatic rings. The largest absolute Gasteiger partial charge is 0.506 e. The van der Waals surface area contributed by atoms with Crippen LogP contribution in [0.5, 0.6) is 5.75 Å². The van der Waals surface area contributed by atoms with Crippen LogP contribution in [0.15, 0.2) is 29.1 Å². The number of H-pyrrole nitrogens is 1. The van der Waals surface area contributed by atoms with E-state index in [-0.39, 0.29) is 0 Å². The summed E-state index contributed by atoms with van der Waals surface area (Å²) in [4.78, 5) is 28.6. The number of aromatic amines is 1. The standard InChI is InChI=1S/C23H29N3O4/c1-3-17-19(25-21(28)18(20(17)27)22(29)30)14-6-8-16(9-7-14)26-11-15-5-4-10-23(15,13-26)12-24-2/h6-9,15,24H,3-5,10-13H2,1-2H3,(H,29,30)(H2,25,27,28)/t15-,23-/m1/s1. The molecule has 1 saturated heterocycles. The van der Waals surface area contributed by atoms with Gasteiger partial charge < -0.3 is 25.4 Å². The predicted octanol–water partition coefficient (Wildman–Crippen LogP) is 2.83. The van der Waals surface area contributed by atoms with Gasteiger partial charge in [0.2, 0.25) is 0 Å². The van der Waals surface area contributed by atoms with Gasteiger partial charge in [-0.15, -0.1) is 0 Å². The van der Waals surface area contributed by atoms with Crippen LogP contribution < -0.4 is 15.8 Å². The van der Waals surface area contributed by atoms with Crippen LogP contribution in [0.3, 0.4) is 0 Å². The smallest absolute Gasteiger partial charge is 0.345 e. The summed E-state index contributed by atoms with van der Waals surface area (Å²) in [5.41, 5.74) is 1.76. The van der Waals surface area contributed by atoms with Crippen molar-refractivity contribution < 1.29 is 15.0 Å². The molecule has 4 N–H and O–H groups in total. The number of carboxylic acid groups (broad SMARTS) is 1. The second-order valence-electron chi connectivity index (χ2n) is 8.60. The molecule has 0 radical (unpaired) electrons. The van der Waals surface area contributed by atoms with Crippen molar-refractivity contribution in [1.29, 1.82) is 0 Å². The molecule has 2 aliphatic rings. The van der Waals surface area contributed by atoms with Gasteiger partial charge in [0, 0.05) is 36.3 Å². The molecule has 2 atom stereocenters. The van der Waals surface area contributed by atoms with E-state index in [0.717, 1.165) is 30.9 Å². The molecule has 0 bridgehead atoms. The Hall–Kier alpha value is -2.80. The van der Waals surface area contributed by atoms with Gasteiger partial charge in [0.05, 0.1) is 5.69 Å². The Labute approximate surface area is 175 Å². The third kappa shape index (κ3) is 3.27. The van der Waals surface area contributed by atoms with E-state index in [1.165, 1.54) is 19.3 Å². The van der Waals surface area contributed by atoms with Gasteiger partial charge in [-0.25, -0.2) is 4.79 Å². The Morgan fingerprint density at radius 2 is 2.07 bits per heavy atom. The highest BCUT2D eigenvalue weighted by atomic mass is 16.4. The molecular formula is C23H29N3O4. The van der Waals surface area contributed by atoms with Crippen LogP contribution in [0, 0.1) is 11.3 Å². The number of fused-ring (bicyclic) bond motifs is 1. The number of anilines is 1. The molecule has 7 nitrogen and oxygen atoms in total. The summed E-state index contributed by atoms with van der Waals surface area (Å²) in [6.45, 7) is 4.97. The molecule has 1 aliphatic carbocycles. The van der Waals surface area contributed by atoms with Crippen LogP contribution in [0.1, 0.15) is 42.1 Å². The highest BCUT2D eigenvalue weighted by Crippen LogP contribution is 2.49. The van der Waals surface area contributed by atoms with Crippen molar-refractivity contribution in [2.75, 3.05) is 31.6 Å². The maximum Gasteiger partial charge on any atom is 0.345 e. The maximum absolute atomic E-state index is 12.2. The molecule has 1 aliphatic heterocycles. The van der Waals surface area contributed by atoms with Gasteiger partial charge in [-0.1, -0.05) is 25.5 Å². The van der Waals surface area contributed by atoms with Crippen LogP contribution >= 0.6 is 0 Å². The van der Waals surface area contributed by atoms with Gasteiger partial charge in [0.25, 0.3) is 5.56 Å². The van der Waals surface area contributed by atoms with E-state index >= 15 is 0 Å². The van der Waals surface area contributed by atoms with E-state index < -0.39 is 22.8 Å². The zero-order chi connectivity index (χ0) is 21.5. The average Bonchev–Trinajstić information content (AvgIpc) is 3.25. The second kappa shape index (κ2) is 7.80. The van der Waals surface area contributed by atoms with Crippen LogP contribution in [0.25, 0.3) is 11.3 Å². The molecule has 0 unspecified atom stereocenters. The SMILES string of the molecule is CCc1c(-c2ccc(N3C[C@H]4CCC[C@@]4(CNC)C3)cc2)[nH]c(=O)c(C(=O)O)c1O. The highest BCUT2D eigenvalue weighted by molar-refractivity contribution is 5.92. The molecule has 1 saturated carbocycles. The molecule has 30 heavy (non-hydrogen) atoms. The topological polar surface area (TPSA) is 106 Å². The molecule has 0 amide bonds. The first kappa shape index (κ1) is 20.5. The normalized spacial score (nSPS) is 23.0.